The molecule has 0 rings (SSSR count). The molecule has 0 saturated carbocycles. The summed E-state index contributed by atoms with van der Waals surface area (Å²) in [6.45, 7) is 11.5. The molecule has 0 atom stereocenters. The molecular weight excluding hydrogens is 251 g/mol. The highest BCUT2D eigenvalue weighted by Gasteiger charge is 2.49. The molecule has 0 aromatic heterocycles. The third kappa shape index (κ3) is 4.18. The minimum Gasteiger partial charge on any atom is -0.308 e. The van der Waals surface area contributed by atoms with Crippen molar-refractivity contribution < 1.29 is 18.4 Å². The lowest BCUT2D eigenvalue weighted by Crippen LogP contribution is -2.36. The molecule has 18 heavy (non-hydrogen) atoms. The van der Waals surface area contributed by atoms with Crippen molar-refractivity contribution in [2.24, 2.45) is 5.92 Å². The Hall–Kier alpha value is -0.180. The van der Waals surface area contributed by atoms with Gasteiger partial charge in [0.1, 0.15) is 5.16 Å². The molecule has 0 fully saturated rings. The van der Waals surface area contributed by atoms with Gasteiger partial charge >= 0.3 is 7.60 Å². The number of Topliss-reactive ketones (excluding diaryl/α,β-unsaturated/α-hetero) is 1. The van der Waals surface area contributed by atoms with Crippen LogP contribution in [0.15, 0.2) is 0 Å². The Morgan fingerprint density at radius 2 is 1.50 bits per heavy atom. The van der Waals surface area contributed by atoms with Crippen molar-refractivity contribution >= 4 is 13.4 Å². The van der Waals surface area contributed by atoms with E-state index in [9.17, 15) is 9.36 Å². The van der Waals surface area contributed by atoms with Crippen molar-refractivity contribution in [2.45, 2.75) is 59.5 Å². The molecule has 0 spiro atoms. The molecular formula is C13H27O4P. The average Bonchev–Trinajstić information content (AvgIpc) is 2.32. The van der Waals surface area contributed by atoms with Crippen LogP contribution in [0, 0.1) is 5.92 Å². The van der Waals surface area contributed by atoms with Crippen molar-refractivity contribution in [1.29, 1.82) is 0 Å². The third-order valence-electron chi connectivity index (χ3n) is 2.74. The molecule has 0 N–H and O–H groups in total. The Bertz CT molecular complexity index is 298. The normalized spacial score (nSPS) is 13.1. The molecule has 0 unspecified atom stereocenters. The van der Waals surface area contributed by atoms with Gasteiger partial charge in [0.05, 0.1) is 13.2 Å². The van der Waals surface area contributed by atoms with Gasteiger partial charge in [-0.3, -0.25) is 9.36 Å². The van der Waals surface area contributed by atoms with Gasteiger partial charge in [-0.2, -0.15) is 0 Å². The molecule has 108 valence electrons. The third-order valence-corrected chi connectivity index (χ3v) is 5.38. The van der Waals surface area contributed by atoms with Gasteiger partial charge in [-0.15, -0.1) is 0 Å². The lowest BCUT2D eigenvalue weighted by atomic mass is 9.98. The largest absolute Gasteiger partial charge is 0.343 e. The van der Waals surface area contributed by atoms with E-state index in [-0.39, 0.29) is 11.7 Å². The van der Waals surface area contributed by atoms with Gasteiger partial charge in [-0.05, 0) is 26.7 Å². The Kier molecular flexibility index (Phi) is 7.34. The number of carbonyl (C=O) groups is 1. The second kappa shape index (κ2) is 7.42. The highest BCUT2D eigenvalue weighted by Crippen LogP contribution is 2.60. The van der Waals surface area contributed by atoms with E-state index in [2.05, 4.69) is 0 Å². The second-order valence-corrected chi connectivity index (χ2v) is 7.87. The maximum Gasteiger partial charge on any atom is 0.343 e. The molecule has 0 heterocycles. The standard InChI is InChI=1S/C13H27O4P/c1-7-9-16-18(15,17-10-8-2)13(5,6)12(14)11(3)4/h11H,7-10H2,1-6H3. The topological polar surface area (TPSA) is 52.6 Å². The molecule has 0 aliphatic rings. The van der Waals surface area contributed by atoms with Crippen molar-refractivity contribution in [2.75, 3.05) is 13.2 Å². The fourth-order valence-electron chi connectivity index (χ4n) is 1.62. The van der Waals surface area contributed by atoms with Crippen LogP contribution in [-0.4, -0.2) is 24.2 Å². The lowest BCUT2D eigenvalue weighted by molar-refractivity contribution is -0.124. The lowest BCUT2D eigenvalue weighted by Gasteiger charge is -2.33. The zero-order valence-corrected chi connectivity index (χ0v) is 13.4. The summed E-state index contributed by atoms with van der Waals surface area (Å²) < 4.78 is 23.7. The van der Waals surface area contributed by atoms with Crippen molar-refractivity contribution in [1.82, 2.24) is 0 Å². The Morgan fingerprint density at radius 1 is 1.11 bits per heavy atom. The highest BCUT2D eigenvalue weighted by molar-refractivity contribution is 7.56. The summed E-state index contributed by atoms with van der Waals surface area (Å²) in [5.74, 6) is -0.276. The van der Waals surface area contributed by atoms with Crippen LogP contribution < -0.4 is 0 Å². The molecule has 0 aliphatic carbocycles. The summed E-state index contributed by atoms with van der Waals surface area (Å²) in [5, 5.41) is -1.09. The van der Waals surface area contributed by atoms with Gasteiger partial charge in [0.25, 0.3) is 0 Å². The van der Waals surface area contributed by atoms with Crippen LogP contribution in [-0.2, 0) is 18.4 Å². The average molecular weight is 278 g/mol. The van der Waals surface area contributed by atoms with E-state index in [4.69, 9.17) is 9.05 Å². The van der Waals surface area contributed by atoms with Crippen LogP contribution in [0.1, 0.15) is 54.4 Å². The predicted octanol–water partition coefficient (Wildman–Crippen LogP) is 4.04. The van der Waals surface area contributed by atoms with E-state index in [1.807, 2.05) is 13.8 Å². The first-order chi connectivity index (χ1) is 8.23. The van der Waals surface area contributed by atoms with Crippen molar-refractivity contribution in [3.8, 4) is 0 Å². The number of rotatable bonds is 9. The fourth-order valence-corrected chi connectivity index (χ4v) is 3.72. The second-order valence-electron chi connectivity index (χ2n) is 5.24. The minimum absolute atomic E-state index is 0.0851. The minimum atomic E-state index is -3.41. The summed E-state index contributed by atoms with van der Waals surface area (Å²) >= 11 is 0. The van der Waals surface area contributed by atoms with Crippen LogP contribution in [0.2, 0.25) is 0 Å². The number of hydrogen-bond donors (Lipinski definition) is 0. The van der Waals surface area contributed by atoms with Gasteiger partial charge in [-0.25, -0.2) is 0 Å². The fraction of sp³-hybridized carbons (Fsp3) is 0.923. The molecule has 5 heteroatoms. The summed E-state index contributed by atoms with van der Waals surface area (Å²) in [6, 6.07) is 0. The van der Waals surface area contributed by atoms with E-state index >= 15 is 0 Å². The van der Waals surface area contributed by atoms with Crippen molar-refractivity contribution in [3.63, 3.8) is 0 Å². The Balaban J connectivity index is 5.15. The molecule has 0 saturated heterocycles. The SMILES string of the molecule is CCCOP(=O)(OCCC)C(C)(C)C(=O)C(C)C. The Morgan fingerprint density at radius 3 is 1.78 bits per heavy atom. The molecule has 0 aliphatic heterocycles. The van der Waals surface area contributed by atoms with E-state index in [0.717, 1.165) is 12.8 Å². The van der Waals surface area contributed by atoms with E-state index in [0.29, 0.717) is 13.2 Å². The highest BCUT2D eigenvalue weighted by atomic mass is 31.2. The first-order valence-electron chi connectivity index (χ1n) is 6.66. The van der Waals surface area contributed by atoms with Crippen LogP contribution in [0.25, 0.3) is 0 Å². The molecule has 0 bridgehead atoms. The summed E-state index contributed by atoms with van der Waals surface area (Å²) in [5.41, 5.74) is 0. The number of ketones is 1. The maximum absolute atomic E-state index is 12.8. The molecule has 0 aromatic carbocycles. The van der Waals surface area contributed by atoms with Gasteiger partial charge in [-0.1, -0.05) is 27.7 Å². The first kappa shape index (κ1) is 17.8. The number of carbonyl (C=O) groups excluding carboxylic acids is 1. The smallest absolute Gasteiger partial charge is 0.308 e. The van der Waals surface area contributed by atoms with Crippen LogP contribution in [0.4, 0.5) is 0 Å². The van der Waals surface area contributed by atoms with Gasteiger partial charge in [0.2, 0.25) is 0 Å². The summed E-state index contributed by atoms with van der Waals surface area (Å²) in [4.78, 5) is 12.2. The van der Waals surface area contributed by atoms with Crippen molar-refractivity contribution in [3.05, 3.63) is 0 Å². The van der Waals surface area contributed by atoms with E-state index in [1.54, 1.807) is 27.7 Å². The molecule has 0 aromatic rings. The monoisotopic (exact) mass is 278 g/mol. The Labute approximate surface area is 111 Å². The van der Waals surface area contributed by atoms with E-state index < -0.39 is 12.8 Å². The predicted molar refractivity (Wildman–Crippen MR) is 74.0 cm³/mol. The molecule has 0 amide bonds. The maximum atomic E-state index is 12.8. The number of hydrogen-bond acceptors (Lipinski definition) is 4. The quantitative estimate of drug-likeness (QED) is 0.597. The zero-order chi connectivity index (χ0) is 14.4. The molecule has 0 radical (unpaired) electrons. The summed E-state index contributed by atoms with van der Waals surface area (Å²) in [7, 11) is -3.41. The summed E-state index contributed by atoms with van der Waals surface area (Å²) in [6.07, 6.45) is 1.48. The van der Waals surface area contributed by atoms with Crippen LogP contribution in [0.5, 0.6) is 0 Å². The van der Waals surface area contributed by atoms with Gasteiger partial charge in [0, 0.05) is 5.92 Å². The first-order valence-corrected chi connectivity index (χ1v) is 8.20. The van der Waals surface area contributed by atoms with Gasteiger partial charge in [0.15, 0.2) is 5.78 Å². The zero-order valence-electron chi connectivity index (χ0n) is 12.5. The van der Waals surface area contributed by atoms with Gasteiger partial charge < -0.3 is 9.05 Å². The van der Waals surface area contributed by atoms with E-state index in [1.165, 1.54) is 0 Å². The van der Waals surface area contributed by atoms with Crippen LogP contribution in [0.3, 0.4) is 0 Å². The van der Waals surface area contributed by atoms with Crippen LogP contribution >= 0.6 is 7.60 Å². The molecule has 4 nitrogen and oxygen atoms in total.